The largest absolute Gasteiger partial charge is 0.416 e. The molecule has 0 amide bonds. The van der Waals surface area contributed by atoms with Crippen molar-refractivity contribution in [3.63, 3.8) is 0 Å². The predicted molar refractivity (Wildman–Crippen MR) is 68.9 cm³/mol. The molecule has 106 valence electrons. The van der Waals surface area contributed by atoms with E-state index >= 15 is 0 Å². The fourth-order valence-electron chi connectivity index (χ4n) is 1.45. The number of anilines is 2. The van der Waals surface area contributed by atoms with Gasteiger partial charge in [0.05, 0.1) is 10.6 Å². The second-order valence-electron chi connectivity index (χ2n) is 3.82. The Balaban J connectivity index is 2.33. The first-order chi connectivity index (χ1) is 9.25. The second kappa shape index (κ2) is 5.46. The Morgan fingerprint density at radius 2 is 1.75 bits per heavy atom. The SMILES string of the molecule is Fc1ccc(Nc2cc(C(F)(F)F)cc(Cl)n2)cc1Cl. The second-order valence-corrected chi connectivity index (χ2v) is 4.61. The topological polar surface area (TPSA) is 24.9 Å². The maximum Gasteiger partial charge on any atom is 0.416 e. The maximum atomic E-state index is 13.0. The highest BCUT2D eigenvalue weighted by Gasteiger charge is 2.31. The monoisotopic (exact) mass is 324 g/mol. The Bertz CT molecular complexity index is 644. The van der Waals surface area contributed by atoms with Crippen LogP contribution in [0.1, 0.15) is 5.56 Å². The average Bonchev–Trinajstić information content (AvgIpc) is 2.32. The summed E-state index contributed by atoms with van der Waals surface area (Å²) in [4.78, 5) is 3.71. The van der Waals surface area contributed by atoms with Gasteiger partial charge in [0, 0.05) is 5.69 Å². The lowest BCUT2D eigenvalue weighted by Gasteiger charge is -2.11. The van der Waals surface area contributed by atoms with Gasteiger partial charge in [0.1, 0.15) is 16.8 Å². The fraction of sp³-hybridized carbons (Fsp3) is 0.0833. The van der Waals surface area contributed by atoms with E-state index in [2.05, 4.69) is 10.3 Å². The third-order valence-electron chi connectivity index (χ3n) is 2.31. The van der Waals surface area contributed by atoms with Crippen LogP contribution in [0.15, 0.2) is 30.3 Å². The minimum absolute atomic E-state index is 0.118. The van der Waals surface area contributed by atoms with Crippen molar-refractivity contribution in [3.8, 4) is 0 Å². The Morgan fingerprint density at radius 1 is 1.05 bits per heavy atom. The molecule has 0 bridgehead atoms. The molecule has 0 aliphatic rings. The summed E-state index contributed by atoms with van der Waals surface area (Å²) in [6, 6.07) is 5.14. The predicted octanol–water partition coefficient (Wildman–Crippen LogP) is 5.29. The summed E-state index contributed by atoms with van der Waals surface area (Å²) in [6.45, 7) is 0. The Morgan fingerprint density at radius 3 is 2.35 bits per heavy atom. The number of nitrogens with zero attached hydrogens (tertiary/aromatic N) is 1. The summed E-state index contributed by atoms with van der Waals surface area (Å²) in [6.07, 6.45) is -4.54. The van der Waals surface area contributed by atoms with Gasteiger partial charge in [0.2, 0.25) is 0 Å². The number of halogens is 6. The van der Waals surface area contributed by atoms with Gasteiger partial charge < -0.3 is 5.32 Å². The summed E-state index contributed by atoms with van der Waals surface area (Å²) in [5.41, 5.74) is -0.646. The van der Waals surface area contributed by atoms with Crippen molar-refractivity contribution in [1.29, 1.82) is 0 Å². The first-order valence-electron chi connectivity index (χ1n) is 5.22. The van der Waals surface area contributed by atoms with Gasteiger partial charge in [-0.25, -0.2) is 9.37 Å². The zero-order valence-electron chi connectivity index (χ0n) is 9.60. The van der Waals surface area contributed by atoms with Gasteiger partial charge in [0.15, 0.2) is 0 Å². The summed E-state index contributed by atoms with van der Waals surface area (Å²) >= 11 is 11.1. The molecule has 1 aromatic heterocycles. The molecule has 0 saturated carbocycles. The molecule has 0 radical (unpaired) electrons. The number of hydrogen-bond donors (Lipinski definition) is 1. The molecule has 0 spiro atoms. The number of benzene rings is 1. The van der Waals surface area contributed by atoms with E-state index in [-0.39, 0.29) is 16.0 Å². The van der Waals surface area contributed by atoms with Crippen LogP contribution in [0, 0.1) is 5.82 Å². The molecule has 0 aliphatic carbocycles. The Kier molecular flexibility index (Phi) is 4.06. The van der Waals surface area contributed by atoms with E-state index in [0.717, 1.165) is 12.1 Å². The molecule has 2 nitrogen and oxygen atoms in total. The molecule has 0 saturated heterocycles. The first kappa shape index (κ1) is 14.9. The maximum absolute atomic E-state index is 13.0. The van der Waals surface area contributed by atoms with Gasteiger partial charge in [-0.15, -0.1) is 0 Å². The molecule has 0 unspecified atom stereocenters. The van der Waals surface area contributed by atoms with Crippen molar-refractivity contribution < 1.29 is 17.6 Å². The minimum atomic E-state index is -4.54. The van der Waals surface area contributed by atoms with Crippen LogP contribution in [0.25, 0.3) is 0 Å². The molecule has 0 fully saturated rings. The fourth-order valence-corrected chi connectivity index (χ4v) is 1.84. The molecule has 0 atom stereocenters. The number of pyridine rings is 1. The highest BCUT2D eigenvalue weighted by atomic mass is 35.5. The lowest BCUT2D eigenvalue weighted by atomic mass is 10.2. The number of aromatic nitrogens is 1. The molecule has 8 heteroatoms. The zero-order chi connectivity index (χ0) is 14.9. The number of hydrogen-bond acceptors (Lipinski definition) is 2. The lowest BCUT2D eigenvalue weighted by molar-refractivity contribution is -0.137. The van der Waals surface area contributed by atoms with E-state index in [0.29, 0.717) is 11.8 Å². The molecule has 1 N–H and O–H groups in total. The number of alkyl halides is 3. The van der Waals surface area contributed by atoms with E-state index < -0.39 is 17.6 Å². The number of rotatable bonds is 2. The summed E-state index contributed by atoms with van der Waals surface area (Å²) in [7, 11) is 0. The molecule has 2 aromatic rings. The van der Waals surface area contributed by atoms with Crippen LogP contribution < -0.4 is 5.32 Å². The van der Waals surface area contributed by atoms with Crippen molar-refractivity contribution in [3.05, 3.63) is 51.9 Å². The van der Waals surface area contributed by atoms with Crippen molar-refractivity contribution in [1.82, 2.24) is 4.98 Å². The lowest BCUT2D eigenvalue weighted by Crippen LogP contribution is -2.06. The Hall–Kier alpha value is -1.53. The van der Waals surface area contributed by atoms with E-state index in [1.54, 1.807) is 0 Å². The first-order valence-corrected chi connectivity index (χ1v) is 5.98. The van der Waals surface area contributed by atoms with Gasteiger partial charge in [-0.05, 0) is 30.3 Å². The van der Waals surface area contributed by atoms with Gasteiger partial charge in [-0.3, -0.25) is 0 Å². The van der Waals surface area contributed by atoms with E-state index in [9.17, 15) is 17.6 Å². The van der Waals surface area contributed by atoms with Crippen LogP contribution in [0.2, 0.25) is 10.2 Å². The average molecular weight is 325 g/mol. The van der Waals surface area contributed by atoms with Crippen LogP contribution in [-0.4, -0.2) is 4.98 Å². The molecule has 1 heterocycles. The van der Waals surface area contributed by atoms with Gasteiger partial charge in [0.25, 0.3) is 0 Å². The summed E-state index contributed by atoms with van der Waals surface area (Å²) in [5.74, 6) is -0.750. The van der Waals surface area contributed by atoms with Gasteiger partial charge in [-0.2, -0.15) is 13.2 Å². The highest BCUT2D eigenvalue weighted by Crippen LogP contribution is 2.32. The standard InChI is InChI=1S/C12H6Cl2F4N2/c13-8-5-7(1-2-9(8)15)19-11-4-6(12(16,17)18)3-10(14)20-11/h1-5H,(H,19,20). The van der Waals surface area contributed by atoms with Gasteiger partial charge in [-0.1, -0.05) is 23.2 Å². The normalized spacial score (nSPS) is 11.5. The Labute approximate surface area is 121 Å². The summed E-state index contributed by atoms with van der Waals surface area (Å²) < 4.78 is 50.8. The molecule has 1 aromatic carbocycles. The summed E-state index contributed by atoms with van der Waals surface area (Å²) in [5, 5.41) is 2.11. The highest BCUT2D eigenvalue weighted by molar-refractivity contribution is 6.31. The van der Waals surface area contributed by atoms with Crippen molar-refractivity contribution >= 4 is 34.7 Å². The van der Waals surface area contributed by atoms with Gasteiger partial charge >= 0.3 is 6.18 Å². The van der Waals surface area contributed by atoms with E-state index in [4.69, 9.17) is 23.2 Å². The van der Waals surface area contributed by atoms with Crippen LogP contribution in [0.3, 0.4) is 0 Å². The van der Waals surface area contributed by atoms with Crippen LogP contribution in [-0.2, 0) is 6.18 Å². The number of nitrogens with one attached hydrogen (secondary N) is 1. The molecule has 0 aliphatic heterocycles. The smallest absolute Gasteiger partial charge is 0.340 e. The quantitative estimate of drug-likeness (QED) is 0.599. The molecule has 20 heavy (non-hydrogen) atoms. The van der Waals surface area contributed by atoms with Crippen LogP contribution >= 0.6 is 23.2 Å². The van der Waals surface area contributed by atoms with Crippen LogP contribution in [0.4, 0.5) is 29.1 Å². The molecular weight excluding hydrogens is 319 g/mol. The third kappa shape index (κ3) is 3.52. The molecular formula is C12H6Cl2F4N2. The zero-order valence-corrected chi connectivity index (χ0v) is 11.1. The van der Waals surface area contributed by atoms with E-state index in [1.165, 1.54) is 12.1 Å². The van der Waals surface area contributed by atoms with Crippen LogP contribution in [0.5, 0.6) is 0 Å². The van der Waals surface area contributed by atoms with E-state index in [1.807, 2.05) is 0 Å². The molecule has 2 rings (SSSR count). The third-order valence-corrected chi connectivity index (χ3v) is 2.80. The van der Waals surface area contributed by atoms with Crippen molar-refractivity contribution in [2.24, 2.45) is 0 Å². The minimum Gasteiger partial charge on any atom is -0.340 e. The van der Waals surface area contributed by atoms with Crippen molar-refractivity contribution in [2.75, 3.05) is 5.32 Å². The van der Waals surface area contributed by atoms with Crippen molar-refractivity contribution in [2.45, 2.75) is 6.18 Å².